The molecule has 0 amide bonds. The van der Waals surface area contributed by atoms with Gasteiger partial charge in [0.15, 0.2) is 11.5 Å². The minimum absolute atomic E-state index is 0.0439. The first kappa shape index (κ1) is 15.4. The van der Waals surface area contributed by atoms with Gasteiger partial charge in [-0.15, -0.1) is 0 Å². The van der Waals surface area contributed by atoms with Crippen molar-refractivity contribution >= 4 is 15.9 Å². The van der Waals surface area contributed by atoms with E-state index in [1.165, 1.54) is 0 Å². The topological polar surface area (TPSA) is 46.2 Å². The highest BCUT2D eigenvalue weighted by atomic mass is 79.9. The Morgan fingerprint density at radius 3 is 2.40 bits per heavy atom. The molecule has 0 aromatic heterocycles. The van der Waals surface area contributed by atoms with Gasteiger partial charge in [0.1, 0.15) is 0 Å². The van der Waals surface area contributed by atoms with Gasteiger partial charge >= 0.3 is 0 Å². The summed E-state index contributed by atoms with van der Waals surface area (Å²) in [6.07, 6.45) is -0.0595. The molecule has 2 rings (SSSR count). The molecule has 1 fully saturated rings. The molecule has 1 heterocycles. The van der Waals surface area contributed by atoms with Crippen LogP contribution < -0.4 is 14.2 Å². The maximum Gasteiger partial charge on any atom is 0.203 e. The van der Waals surface area contributed by atoms with Gasteiger partial charge in [0.05, 0.1) is 52.1 Å². The predicted octanol–water partition coefficient (Wildman–Crippen LogP) is 2.56. The van der Waals surface area contributed by atoms with Gasteiger partial charge in [0.25, 0.3) is 0 Å². The SMILES string of the molecule is COc1ccc(C(Br)C2COCCO2)c(OC)c1OC. The third-order valence-corrected chi connectivity index (χ3v) is 4.28. The van der Waals surface area contributed by atoms with Crippen molar-refractivity contribution in [2.45, 2.75) is 10.9 Å². The molecule has 0 bridgehead atoms. The molecule has 1 aliphatic rings. The molecule has 112 valence electrons. The predicted molar refractivity (Wildman–Crippen MR) is 78.3 cm³/mol. The van der Waals surface area contributed by atoms with Crippen LogP contribution in [-0.4, -0.2) is 47.3 Å². The van der Waals surface area contributed by atoms with Crippen LogP contribution in [-0.2, 0) is 9.47 Å². The third kappa shape index (κ3) is 3.02. The Hall–Kier alpha value is -0.980. The Balaban J connectivity index is 2.34. The number of benzene rings is 1. The summed E-state index contributed by atoms with van der Waals surface area (Å²) in [6.45, 7) is 1.79. The molecule has 1 aromatic carbocycles. The molecular weight excluding hydrogens is 328 g/mol. The smallest absolute Gasteiger partial charge is 0.203 e. The van der Waals surface area contributed by atoms with Crippen molar-refractivity contribution in [2.24, 2.45) is 0 Å². The molecule has 0 saturated carbocycles. The summed E-state index contributed by atoms with van der Waals surface area (Å²) in [5.74, 6) is 1.85. The summed E-state index contributed by atoms with van der Waals surface area (Å²) in [4.78, 5) is -0.0439. The van der Waals surface area contributed by atoms with Gasteiger partial charge < -0.3 is 23.7 Å². The first-order valence-corrected chi connectivity index (χ1v) is 7.26. The van der Waals surface area contributed by atoms with E-state index in [2.05, 4.69) is 15.9 Å². The largest absolute Gasteiger partial charge is 0.493 e. The first-order valence-electron chi connectivity index (χ1n) is 6.35. The van der Waals surface area contributed by atoms with Gasteiger partial charge in [-0.2, -0.15) is 0 Å². The normalized spacial score (nSPS) is 20.3. The maximum absolute atomic E-state index is 5.72. The molecule has 6 heteroatoms. The molecule has 1 aromatic rings. The second-order valence-corrected chi connectivity index (χ2v) is 5.30. The van der Waals surface area contributed by atoms with Crippen LogP contribution in [0.25, 0.3) is 0 Å². The van der Waals surface area contributed by atoms with E-state index in [-0.39, 0.29) is 10.9 Å². The lowest BCUT2D eigenvalue weighted by molar-refractivity contribution is -0.0878. The Labute approximate surface area is 127 Å². The quantitative estimate of drug-likeness (QED) is 0.766. The van der Waals surface area contributed by atoms with Gasteiger partial charge in [-0.1, -0.05) is 22.0 Å². The third-order valence-electron chi connectivity index (χ3n) is 3.20. The van der Waals surface area contributed by atoms with Gasteiger partial charge in [-0.05, 0) is 6.07 Å². The van der Waals surface area contributed by atoms with E-state index < -0.39 is 0 Å². The standard InChI is InChI=1S/C14H19BrO5/c1-16-10-5-4-9(13(17-2)14(10)18-3)12(15)11-8-19-6-7-20-11/h4-5,11-12H,6-8H2,1-3H3. The van der Waals surface area contributed by atoms with Crippen LogP contribution in [0.1, 0.15) is 10.4 Å². The van der Waals surface area contributed by atoms with E-state index >= 15 is 0 Å². The zero-order valence-electron chi connectivity index (χ0n) is 11.8. The number of halogens is 1. The van der Waals surface area contributed by atoms with Crippen LogP contribution in [0.15, 0.2) is 12.1 Å². The molecule has 2 unspecified atom stereocenters. The Morgan fingerprint density at radius 1 is 1.10 bits per heavy atom. The monoisotopic (exact) mass is 346 g/mol. The van der Waals surface area contributed by atoms with Crippen LogP contribution in [0.4, 0.5) is 0 Å². The zero-order chi connectivity index (χ0) is 14.5. The van der Waals surface area contributed by atoms with Gasteiger partial charge in [-0.25, -0.2) is 0 Å². The number of hydrogen-bond acceptors (Lipinski definition) is 5. The summed E-state index contributed by atoms with van der Waals surface area (Å²) in [5, 5.41) is 0. The van der Waals surface area contributed by atoms with E-state index in [4.69, 9.17) is 23.7 Å². The fourth-order valence-electron chi connectivity index (χ4n) is 2.22. The Kier molecular flexibility index (Phi) is 5.51. The van der Waals surface area contributed by atoms with E-state index in [0.717, 1.165) is 5.56 Å². The van der Waals surface area contributed by atoms with E-state index in [1.54, 1.807) is 21.3 Å². The second kappa shape index (κ2) is 7.15. The van der Waals surface area contributed by atoms with E-state index in [0.29, 0.717) is 37.1 Å². The maximum atomic E-state index is 5.72. The molecule has 1 saturated heterocycles. The van der Waals surface area contributed by atoms with Crippen molar-refractivity contribution in [3.05, 3.63) is 17.7 Å². The van der Waals surface area contributed by atoms with Crippen LogP contribution in [0.3, 0.4) is 0 Å². The fourth-order valence-corrected chi connectivity index (χ4v) is 2.88. The molecule has 5 nitrogen and oxygen atoms in total. The van der Waals surface area contributed by atoms with Crippen LogP contribution in [0, 0.1) is 0 Å². The van der Waals surface area contributed by atoms with Crippen molar-refractivity contribution < 1.29 is 23.7 Å². The number of ether oxygens (including phenoxy) is 5. The number of hydrogen-bond donors (Lipinski definition) is 0. The van der Waals surface area contributed by atoms with Crippen molar-refractivity contribution in [3.63, 3.8) is 0 Å². The minimum Gasteiger partial charge on any atom is -0.493 e. The van der Waals surface area contributed by atoms with Gasteiger partial charge in [-0.3, -0.25) is 0 Å². The number of alkyl halides is 1. The second-order valence-electron chi connectivity index (χ2n) is 4.31. The van der Waals surface area contributed by atoms with Crippen molar-refractivity contribution in [2.75, 3.05) is 41.2 Å². The van der Waals surface area contributed by atoms with Crippen molar-refractivity contribution in [3.8, 4) is 17.2 Å². The average Bonchev–Trinajstić information content (AvgIpc) is 2.53. The lowest BCUT2D eigenvalue weighted by Gasteiger charge is -2.28. The molecule has 0 N–H and O–H groups in total. The molecule has 0 aliphatic carbocycles. The average molecular weight is 347 g/mol. The zero-order valence-corrected chi connectivity index (χ0v) is 13.4. The summed E-state index contributed by atoms with van der Waals surface area (Å²) in [6, 6.07) is 3.80. The number of rotatable bonds is 5. The Morgan fingerprint density at radius 2 is 1.85 bits per heavy atom. The highest BCUT2D eigenvalue weighted by Crippen LogP contribution is 2.45. The highest BCUT2D eigenvalue weighted by molar-refractivity contribution is 9.09. The van der Waals surface area contributed by atoms with Crippen LogP contribution in [0.2, 0.25) is 0 Å². The minimum atomic E-state index is -0.0595. The molecule has 2 atom stereocenters. The molecule has 0 radical (unpaired) electrons. The highest BCUT2D eigenvalue weighted by Gasteiger charge is 2.29. The summed E-state index contributed by atoms with van der Waals surface area (Å²) in [5.41, 5.74) is 0.945. The summed E-state index contributed by atoms with van der Waals surface area (Å²) in [7, 11) is 4.80. The van der Waals surface area contributed by atoms with E-state index in [1.807, 2.05) is 12.1 Å². The molecular formula is C14H19BrO5. The summed E-state index contributed by atoms with van der Waals surface area (Å²) >= 11 is 3.67. The Bertz CT molecular complexity index is 445. The van der Waals surface area contributed by atoms with Crippen LogP contribution >= 0.6 is 15.9 Å². The molecule has 20 heavy (non-hydrogen) atoms. The first-order chi connectivity index (χ1) is 9.72. The fraction of sp³-hybridized carbons (Fsp3) is 0.571. The van der Waals surface area contributed by atoms with Gasteiger partial charge in [0.2, 0.25) is 5.75 Å². The molecule has 0 spiro atoms. The summed E-state index contributed by atoms with van der Waals surface area (Å²) < 4.78 is 27.3. The van der Waals surface area contributed by atoms with Gasteiger partial charge in [0, 0.05) is 5.56 Å². The lowest BCUT2D eigenvalue weighted by Crippen LogP contribution is -2.31. The lowest BCUT2D eigenvalue weighted by atomic mass is 10.1. The molecule has 1 aliphatic heterocycles. The van der Waals surface area contributed by atoms with Crippen molar-refractivity contribution in [1.29, 1.82) is 0 Å². The van der Waals surface area contributed by atoms with Crippen molar-refractivity contribution in [1.82, 2.24) is 0 Å². The van der Waals surface area contributed by atoms with Crippen LogP contribution in [0.5, 0.6) is 17.2 Å². The van der Waals surface area contributed by atoms with E-state index in [9.17, 15) is 0 Å². The number of methoxy groups -OCH3 is 3.